The molecule has 3 N–H and O–H groups in total. The monoisotopic (exact) mass is 447 g/mol. The Kier molecular flexibility index (Phi) is 4.63. The number of carbonyl (C=O) groups is 1. The van der Waals surface area contributed by atoms with E-state index in [-0.39, 0.29) is 22.0 Å². The Bertz CT molecular complexity index is 1190. The molecule has 5 rings (SSSR count). The third-order valence-electron chi connectivity index (χ3n) is 6.27. The molecule has 2 aliphatic carbocycles. The van der Waals surface area contributed by atoms with E-state index in [2.05, 4.69) is 14.8 Å². The number of nitrogens with two attached hydrogens (primary N) is 1. The molecular weight excluding hydrogens is 421 g/mol. The lowest BCUT2D eigenvalue weighted by Gasteiger charge is -2.30. The van der Waals surface area contributed by atoms with Gasteiger partial charge in [-0.1, -0.05) is 13.8 Å². The zero-order valence-corrected chi connectivity index (χ0v) is 18.5. The topological polar surface area (TPSA) is 112 Å². The first-order chi connectivity index (χ1) is 14.7. The molecule has 0 saturated heterocycles. The molecule has 0 saturated carbocycles. The Morgan fingerprint density at radius 1 is 1.23 bits per heavy atom. The molecule has 2 aromatic rings. The molecule has 0 spiro atoms. The number of carbonyl (C=O) groups excluding carboxylic acids is 1. The highest BCUT2D eigenvalue weighted by Crippen LogP contribution is 2.41. The van der Waals surface area contributed by atoms with Gasteiger partial charge in [0.15, 0.2) is 9.92 Å². The van der Waals surface area contributed by atoms with Crippen molar-refractivity contribution in [3.8, 4) is 5.88 Å². The Morgan fingerprint density at radius 3 is 2.48 bits per heavy atom. The van der Waals surface area contributed by atoms with E-state index >= 15 is 0 Å². The molecule has 1 aromatic carbocycles. The Labute approximate surface area is 180 Å². The zero-order valence-electron chi connectivity index (χ0n) is 17.7. The van der Waals surface area contributed by atoms with Gasteiger partial charge in [-0.2, -0.15) is 5.10 Å². The molecule has 0 radical (unpaired) electrons. The van der Waals surface area contributed by atoms with Crippen molar-refractivity contribution in [2.45, 2.75) is 63.8 Å². The molecule has 0 fully saturated rings. The van der Waals surface area contributed by atoms with Crippen LogP contribution < -0.4 is 15.2 Å². The van der Waals surface area contributed by atoms with Crippen LogP contribution in [0.25, 0.3) is 0 Å². The maximum Gasteiger partial charge on any atom is 0.354 e. The number of halogens is 1. The van der Waals surface area contributed by atoms with Gasteiger partial charge in [0.2, 0.25) is 5.88 Å². The number of rotatable bonds is 2. The molecule has 31 heavy (non-hydrogen) atoms. The van der Waals surface area contributed by atoms with Crippen LogP contribution >= 0.6 is 0 Å². The molecule has 1 aromatic heterocycles. The summed E-state index contributed by atoms with van der Waals surface area (Å²) in [5, 5.41) is 13.0. The second-order valence-corrected chi connectivity index (χ2v) is 11.1. The van der Waals surface area contributed by atoms with Crippen molar-refractivity contribution in [1.82, 2.24) is 9.78 Å². The molecule has 1 unspecified atom stereocenters. The predicted octanol–water partition coefficient (Wildman–Crippen LogP) is 3.35. The Hall–Kier alpha value is -2.46. The van der Waals surface area contributed by atoms with Crippen molar-refractivity contribution < 1.29 is 18.1 Å². The van der Waals surface area contributed by atoms with Crippen molar-refractivity contribution in [3.05, 3.63) is 34.3 Å². The van der Waals surface area contributed by atoms with E-state index in [1.54, 1.807) is 4.68 Å². The third-order valence-corrected chi connectivity index (χ3v) is 7.62. The smallest absolute Gasteiger partial charge is 0.354 e. The van der Waals surface area contributed by atoms with Crippen molar-refractivity contribution >= 4 is 21.6 Å². The summed E-state index contributed by atoms with van der Waals surface area (Å²) in [7, 11) is -3.57. The van der Waals surface area contributed by atoms with Gasteiger partial charge < -0.3 is 10.1 Å². The molecular formula is C21H26FN5O3S. The van der Waals surface area contributed by atoms with Gasteiger partial charge in [0, 0.05) is 11.1 Å². The average molecular weight is 448 g/mol. The third kappa shape index (κ3) is 3.41. The first-order valence-corrected chi connectivity index (χ1v) is 12.1. The molecule has 3 aliphatic rings. The van der Waals surface area contributed by atoms with Crippen molar-refractivity contribution in [1.29, 1.82) is 0 Å². The zero-order chi connectivity index (χ0) is 22.0. The summed E-state index contributed by atoms with van der Waals surface area (Å²) in [6.45, 7) is 5.07. The predicted molar refractivity (Wildman–Crippen MR) is 114 cm³/mol. The van der Waals surface area contributed by atoms with E-state index in [0.717, 1.165) is 24.0 Å². The highest BCUT2D eigenvalue weighted by molar-refractivity contribution is 7.91. The number of nitrogens with one attached hydrogen (secondary N) is 1. The van der Waals surface area contributed by atoms with Crippen LogP contribution in [-0.4, -0.2) is 26.6 Å². The van der Waals surface area contributed by atoms with Gasteiger partial charge in [-0.25, -0.2) is 23.2 Å². The number of hydrogen-bond acceptors (Lipinski definition) is 4. The van der Waals surface area contributed by atoms with Crippen LogP contribution in [0.2, 0.25) is 0 Å². The number of nitrogens with zero attached hydrogens (tertiary/aromatic N) is 3. The molecule has 166 valence electrons. The van der Waals surface area contributed by atoms with Gasteiger partial charge in [-0.05, 0) is 60.8 Å². The Balaban J connectivity index is 1.48. The summed E-state index contributed by atoms with van der Waals surface area (Å²) in [6, 6.07) is -0.807. The SMILES string of the molecule is CC1(C)COc2c(S(N)(=O)=NC(=O)Nc3c4c(c(F)c5c3CCC5)CCC4)cnn2C1. The fourth-order valence-corrected chi connectivity index (χ4v) is 5.87. The standard InChI is InChI=1S/C21H26FN5O3S/c1-21(2)10-27-19(30-11-21)16(9-24-27)31(23,29)26-20(28)25-18-14-7-3-5-12(14)17(22)13-6-4-8-15(13)18/h9H,3-8,10-11H2,1-2H3,(H3,23,25,26,28,29). The maximum absolute atomic E-state index is 14.8. The second-order valence-electron chi connectivity index (χ2n) is 9.32. The van der Waals surface area contributed by atoms with Crippen LogP contribution in [-0.2, 0) is 42.1 Å². The van der Waals surface area contributed by atoms with Gasteiger partial charge >= 0.3 is 6.03 Å². The van der Waals surface area contributed by atoms with Gasteiger partial charge in [-0.3, -0.25) is 0 Å². The largest absolute Gasteiger partial charge is 0.476 e. The lowest BCUT2D eigenvalue weighted by atomic mass is 9.94. The summed E-state index contributed by atoms with van der Waals surface area (Å²) in [6.07, 6.45) is 5.78. The lowest BCUT2D eigenvalue weighted by Crippen LogP contribution is -2.33. The van der Waals surface area contributed by atoms with Crippen LogP contribution in [0.1, 0.15) is 48.9 Å². The van der Waals surface area contributed by atoms with Crippen LogP contribution in [0.4, 0.5) is 14.9 Å². The number of hydrogen-bond donors (Lipinski definition) is 2. The van der Waals surface area contributed by atoms with Crippen molar-refractivity contribution in [3.63, 3.8) is 0 Å². The highest BCUT2D eigenvalue weighted by atomic mass is 32.2. The fourth-order valence-electron chi connectivity index (χ4n) is 4.87. The minimum Gasteiger partial charge on any atom is -0.476 e. The molecule has 0 bridgehead atoms. The van der Waals surface area contributed by atoms with Crippen LogP contribution in [0.15, 0.2) is 15.5 Å². The normalized spacial score (nSPS) is 20.3. The molecule has 10 heteroatoms. The summed E-state index contributed by atoms with van der Waals surface area (Å²) in [4.78, 5) is 12.9. The molecule has 8 nitrogen and oxygen atoms in total. The number of urea groups is 1. The molecule has 2 heterocycles. The maximum atomic E-state index is 14.8. The lowest BCUT2D eigenvalue weighted by molar-refractivity contribution is 0.0972. The summed E-state index contributed by atoms with van der Waals surface area (Å²) < 4.78 is 39.1. The molecule has 1 atom stereocenters. The number of anilines is 1. The van der Waals surface area contributed by atoms with Crippen molar-refractivity contribution in [2.24, 2.45) is 14.9 Å². The highest BCUT2D eigenvalue weighted by Gasteiger charge is 2.33. The number of ether oxygens (including phenoxy) is 1. The molecule has 2 amide bonds. The second kappa shape index (κ2) is 7.03. The first-order valence-electron chi connectivity index (χ1n) is 10.6. The summed E-state index contributed by atoms with van der Waals surface area (Å²) in [5.74, 6) is 0.163. The minimum atomic E-state index is -3.57. The van der Waals surface area contributed by atoms with Crippen LogP contribution in [0.5, 0.6) is 5.88 Å². The van der Waals surface area contributed by atoms with Crippen molar-refractivity contribution in [2.75, 3.05) is 11.9 Å². The minimum absolute atomic E-state index is 0.104. The number of benzene rings is 1. The first kappa shape index (κ1) is 20.4. The average Bonchev–Trinajstić information content (AvgIpc) is 3.42. The summed E-state index contributed by atoms with van der Waals surface area (Å²) in [5.41, 5.74) is 3.54. The quantitative estimate of drug-likeness (QED) is 0.735. The van der Waals surface area contributed by atoms with Gasteiger partial charge in [0.1, 0.15) is 10.7 Å². The van der Waals surface area contributed by atoms with Crippen LogP contribution in [0, 0.1) is 11.2 Å². The Morgan fingerprint density at radius 2 is 1.84 bits per heavy atom. The van der Waals surface area contributed by atoms with E-state index < -0.39 is 15.9 Å². The van der Waals surface area contributed by atoms with E-state index in [1.165, 1.54) is 6.20 Å². The van der Waals surface area contributed by atoms with E-state index in [0.29, 0.717) is 55.6 Å². The van der Waals surface area contributed by atoms with Gasteiger partial charge in [0.25, 0.3) is 0 Å². The number of aromatic nitrogens is 2. The van der Waals surface area contributed by atoms with E-state index in [4.69, 9.17) is 9.88 Å². The summed E-state index contributed by atoms with van der Waals surface area (Å²) >= 11 is 0. The van der Waals surface area contributed by atoms with Gasteiger partial charge in [0.05, 0.1) is 19.3 Å². The van der Waals surface area contributed by atoms with E-state index in [1.807, 2.05) is 13.8 Å². The number of amides is 2. The van der Waals surface area contributed by atoms with Crippen LogP contribution in [0.3, 0.4) is 0 Å². The van der Waals surface area contributed by atoms with Gasteiger partial charge in [-0.15, -0.1) is 4.36 Å². The van der Waals surface area contributed by atoms with E-state index in [9.17, 15) is 13.4 Å². The fraction of sp³-hybridized carbons (Fsp3) is 0.524. The number of fused-ring (bicyclic) bond motifs is 3. The molecule has 1 aliphatic heterocycles.